The molecule has 0 heterocycles. The van der Waals surface area contributed by atoms with E-state index in [-0.39, 0.29) is 0 Å². The largest absolute Gasteiger partial charge is 0.359 e. The van der Waals surface area contributed by atoms with E-state index in [2.05, 4.69) is 23.8 Å². The molecule has 0 aliphatic carbocycles. The third kappa shape index (κ3) is 4.86. The van der Waals surface area contributed by atoms with E-state index in [4.69, 9.17) is 12.2 Å². The van der Waals surface area contributed by atoms with E-state index in [1.165, 1.54) is 0 Å². The number of hydrogen-bond donors (Lipinski definition) is 2. The van der Waals surface area contributed by atoms with E-state index in [0.29, 0.717) is 11.2 Å². The molecular weight excluding hydrogens is 236 g/mol. The minimum atomic E-state index is 0.443. The van der Waals surface area contributed by atoms with Crippen LogP contribution < -0.4 is 10.6 Å². The van der Waals surface area contributed by atoms with Gasteiger partial charge in [0.15, 0.2) is 5.11 Å². The number of nitrogens with one attached hydrogen (secondary N) is 2. The molecule has 0 spiro atoms. The predicted molar refractivity (Wildman–Crippen MR) is 78.3 cm³/mol. The van der Waals surface area contributed by atoms with Crippen LogP contribution in [0.15, 0.2) is 30.3 Å². The Balaban J connectivity index is 2.41. The number of thioether (sulfide) groups is 1. The molecule has 1 atom stereocenters. The van der Waals surface area contributed by atoms with Gasteiger partial charge >= 0.3 is 0 Å². The first kappa shape index (κ1) is 13.3. The number of benzene rings is 1. The van der Waals surface area contributed by atoms with Crippen molar-refractivity contribution in [3.63, 3.8) is 0 Å². The van der Waals surface area contributed by atoms with E-state index >= 15 is 0 Å². The minimum Gasteiger partial charge on any atom is -0.359 e. The second-order valence-corrected chi connectivity index (χ2v) is 4.84. The molecule has 4 heteroatoms. The van der Waals surface area contributed by atoms with Gasteiger partial charge < -0.3 is 10.6 Å². The van der Waals surface area contributed by atoms with Crippen molar-refractivity contribution in [3.8, 4) is 0 Å². The molecule has 0 saturated heterocycles. The van der Waals surface area contributed by atoms with Crippen LogP contribution >= 0.6 is 24.0 Å². The summed E-state index contributed by atoms with van der Waals surface area (Å²) < 4.78 is 0. The minimum absolute atomic E-state index is 0.443. The molecular formula is C12H18N2S2. The molecule has 1 aromatic rings. The zero-order chi connectivity index (χ0) is 11.8. The van der Waals surface area contributed by atoms with Gasteiger partial charge in [-0.2, -0.15) is 11.8 Å². The average Bonchev–Trinajstić information content (AvgIpc) is 2.29. The summed E-state index contributed by atoms with van der Waals surface area (Å²) in [5, 5.41) is 7.19. The first-order valence-electron chi connectivity index (χ1n) is 5.37. The van der Waals surface area contributed by atoms with Crippen LogP contribution in [0.25, 0.3) is 0 Å². The van der Waals surface area contributed by atoms with E-state index in [1.807, 2.05) is 42.1 Å². The second-order valence-electron chi connectivity index (χ2n) is 3.53. The number of para-hydroxylation sites is 1. The SMILES string of the molecule is CCC(CSC)NC(=S)Nc1ccccc1. The second kappa shape index (κ2) is 7.52. The zero-order valence-electron chi connectivity index (χ0n) is 9.69. The molecule has 0 amide bonds. The molecule has 0 radical (unpaired) electrons. The molecule has 1 unspecified atom stereocenters. The number of rotatable bonds is 5. The normalized spacial score (nSPS) is 11.9. The summed E-state index contributed by atoms with van der Waals surface area (Å²) in [7, 11) is 0. The Morgan fingerprint density at radius 3 is 2.62 bits per heavy atom. The molecule has 16 heavy (non-hydrogen) atoms. The highest BCUT2D eigenvalue weighted by molar-refractivity contribution is 7.98. The highest BCUT2D eigenvalue weighted by atomic mass is 32.2. The lowest BCUT2D eigenvalue weighted by atomic mass is 10.3. The molecule has 1 rings (SSSR count). The maximum atomic E-state index is 5.26. The van der Waals surface area contributed by atoms with E-state index in [9.17, 15) is 0 Å². The Kier molecular flexibility index (Phi) is 6.26. The summed E-state index contributed by atoms with van der Waals surface area (Å²) >= 11 is 7.09. The third-order valence-corrected chi connectivity index (χ3v) is 3.18. The summed E-state index contributed by atoms with van der Waals surface area (Å²) in [5.41, 5.74) is 1.03. The summed E-state index contributed by atoms with van der Waals surface area (Å²) in [4.78, 5) is 0. The van der Waals surface area contributed by atoms with Crippen molar-refractivity contribution >= 4 is 34.8 Å². The quantitative estimate of drug-likeness (QED) is 0.789. The van der Waals surface area contributed by atoms with Crippen molar-refractivity contribution in [3.05, 3.63) is 30.3 Å². The molecule has 0 aliphatic rings. The Labute approximate surface area is 107 Å². The van der Waals surface area contributed by atoms with Crippen molar-refractivity contribution in [1.29, 1.82) is 0 Å². The van der Waals surface area contributed by atoms with Gasteiger partial charge in [0.25, 0.3) is 0 Å². The first-order valence-corrected chi connectivity index (χ1v) is 7.18. The van der Waals surface area contributed by atoms with Crippen LogP contribution in [0.2, 0.25) is 0 Å². The van der Waals surface area contributed by atoms with Crippen molar-refractivity contribution in [2.75, 3.05) is 17.3 Å². The molecule has 0 saturated carbocycles. The summed E-state index contributed by atoms with van der Waals surface area (Å²) in [6, 6.07) is 10.4. The predicted octanol–water partition coefficient (Wildman–Crippen LogP) is 3.11. The van der Waals surface area contributed by atoms with Crippen molar-refractivity contribution in [2.24, 2.45) is 0 Å². The van der Waals surface area contributed by atoms with Gasteiger partial charge in [-0.05, 0) is 37.0 Å². The zero-order valence-corrected chi connectivity index (χ0v) is 11.3. The number of hydrogen-bond acceptors (Lipinski definition) is 2. The molecule has 0 bridgehead atoms. The first-order chi connectivity index (χ1) is 7.76. The maximum absolute atomic E-state index is 5.26. The van der Waals surface area contributed by atoms with Gasteiger partial charge in [0, 0.05) is 17.5 Å². The Hall–Kier alpha value is -0.740. The van der Waals surface area contributed by atoms with Crippen LogP contribution in [0.5, 0.6) is 0 Å². The fourth-order valence-corrected chi connectivity index (χ4v) is 2.34. The third-order valence-electron chi connectivity index (χ3n) is 2.23. The van der Waals surface area contributed by atoms with Gasteiger partial charge in [0.1, 0.15) is 0 Å². The van der Waals surface area contributed by atoms with Crippen LogP contribution in [-0.4, -0.2) is 23.2 Å². The van der Waals surface area contributed by atoms with Crippen molar-refractivity contribution in [1.82, 2.24) is 5.32 Å². The Morgan fingerprint density at radius 1 is 1.38 bits per heavy atom. The van der Waals surface area contributed by atoms with Crippen LogP contribution in [-0.2, 0) is 0 Å². The Morgan fingerprint density at radius 2 is 2.06 bits per heavy atom. The van der Waals surface area contributed by atoms with E-state index in [0.717, 1.165) is 17.9 Å². The smallest absolute Gasteiger partial charge is 0.171 e. The highest BCUT2D eigenvalue weighted by Crippen LogP contribution is 2.06. The molecule has 88 valence electrons. The van der Waals surface area contributed by atoms with Crippen LogP contribution in [0.3, 0.4) is 0 Å². The molecule has 0 aliphatic heterocycles. The summed E-state index contributed by atoms with van der Waals surface area (Å²) in [6.45, 7) is 2.17. The average molecular weight is 254 g/mol. The van der Waals surface area contributed by atoms with Crippen LogP contribution in [0.1, 0.15) is 13.3 Å². The maximum Gasteiger partial charge on any atom is 0.171 e. The highest BCUT2D eigenvalue weighted by Gasteiger charge is 2.06. The molecule has 1 aromatic carbocycles. The fraction of sp³-hybridized carbons (Fsp3) is 0.417. The number of anilines is 1. The van der Waals surface area contributed by atoms with Gasteiger partial charge in [0.2, 0.25) is 0 Å². The van der Waals surface area contributed by atoms with Crippen LogP contribution in [0, 0.1) is 0 Å². The Bertz CT molecular complexity index is 314. The molecule has 2 nitrogen and oxygen atoms in total. The summed E-state index contributed by atoms with van der Waals surface area (Å²) in [5.74, 6) is 1.08. The monoisotopic (exact) mass is 254 g/mol. The van der Waals surface area contributed by atoms with Gasteiger partial charge in [-0.3, -0.25) is 0 Å². The van der Waals surface area contributed by atoms with Gasteiger partial charge in [-0.25, -0.2) is 0 Å². The fourth-order valence-electron chi connectivity index (χ4n) is 1.34. The number of thiocarbonyl (C=S) groups is 1. The molecule has 2 N–H and O–H groups in total. The summed E-state index contributed by atoms with van der Waals surface area (Å²) in [6.07, 6.45) is 3.19. The standard InChI is InChI=1S/C12H18N2S2/c1-3-10(9-16-2)13-12(15)14-11-7-5-4-6-8-11/h4-8,10H,3,9H2,1-2H3,(H2,13,14,15). The van der Waals surface area contributed by atoms with E-state index in [1.54, 1.807) is 0 Å². The molecule has 0 fully saturated rings. The topological polar surface area (TPSA) is 24.1 Å². The lowest BCUT2D eigenvalue weighted by Crippen LogP contribution is -2.38. The van der Waals surface area contributed by atoms with Crippen LogP contribution in [0.4, 0.5) is 5.69 Å². The molecule has 0 aromatic heterocycles. The lowest BCUT2D eigenvalue weighted by molar-refractivity contribution is 0.655. The van der Waals surface area contributed by atoms with E-state index < -0.39 is 0 Å². The van der Waals surface area contributed by atoms with Gasteiger partial charge in [-0.15, -0.1) is 0 Å². The van der Waals surface area contributed by atoms with Gasteiger partial charge in [0.05, 0.1) is 0 Å². The van der Waals surface area contributed by atoms with Gasteiger partial charge in [-0.1, -0.05) is 25.1 Å². The lowest BCUT2D eigenvalue weighted by Gasteiger charge is -2.18. The van der Waals surface area contributed by atoms with Crippen molar-refractivity contribution < 1.29 is 0 Å². The van der Waals surface area contributed by atoms with Crippen molar-refractivity contribution in [2.45, 2.75) is 19.4 Å².